The van der Waals surface area contributed by atoms with Crippen LogP contribution >= 0.6 is 0 Å². The fourth-order valence-corrected chi connectivity index (χ4v) is 2.31. The molecule has 0 saturated heterocycles. The fraction of sp³-hybridized carbons (Fsp3) is 0.917. The van der Waals surface area contributed by atoms with Crippen molar-refractivity contribution >= 4 is 5.91 Å². The molecule has 0 aliphatic heterocycles. The van der Waals surface area contributed by atoms with Gasteiger partial charge in [-0.25, -0.2) is 0 Å². The lowest BCUT2D eigenvalue weighted by Crippen LogP contribution is -2.61. The number of aliphatic hydroxyl groups excluding tert-OH is 1. The summed E-state index contributed by atoms with van der Waals surface area (Å²) in [4.78, 5) is 11.7. The van der Waals surface area contributed by atoms with Gasteiger partial charge in [-0.05, 0) is 25.2 Å². The Labute approximate surface area is 96.6 Å². The molecule has 0 radical (unpaired) electrons. The summed E-state index contributed by atoms with van der Waals surface area (Å²) in [5.74, 6) is 0.593. The van der Waals surface area contributed by atoms with E-state index in [0.717, 1.165) is 0 Å². The second-order valence-electron chi connectivity index (χ2n) is 5.90. The molecule has 0 spiro atoms. The number of hydrogen-bond acceptors (Lipinski definition) is 3. The zero-order valence-electron chi connectivity index (χ0n) is 10.1. The first-order valence-corrected chi connectivity index (χ1v) is 6.14. The molecule has 3 atom stereocenters. The Morgan fingerprint density at radius 1 is 1.56 bits per heavy atom. The highest BCUT2D eigenvalue weighted by atomic mass is 16.3. The molecule has 0 aromatic rings. The number of aliphatic hydroxyl groups is 1. The zero-order valence-corrected chi connectivity index (χ0v) is 10.1. The number of rotatable bonds is 4. The quantitative estimate of drug-likeness (QED) is 0.649. The summed E-state index contributed by atoms with van der Waals surface area (Å²) < 4.78 is 0. The van der Waals surface area contributed by atoms with Crippen molar-refractivity contribution in [2.75, 3.05) is 0 Å². The molecule has 0 aromatic carbocycles. The summed E-state index contributed by atoms with van der Waals surface area (Å²) in [6, 6.07) is 0.120. The minimum absolute atomic E-state index is 0.0214. The van der Waals surface area contributed by atoms with Crippen LogP contribution in [0.25, 0.3) is 0 Å². The van der Waals surface area contributed by atoms with Crippen LogP contribution in [-0.2, 0) is 4.79 Å². The highest BCUT2D eigenvalue weighted by Gasteiger charge is 2.48. The Hall–Kier alpha value is -0.610. The third-order valence-electron chi connectivity index (χ3n) is 4.20. The van der Waals surface area contributed by atoms with Gasteiger partial charge in [-0.1, -0.05) is 13.8 Å². The molecular formula is C12H22N2O2. The van der Waals surface area contributed by atoms with E-state index >= 15 is 0 Å². The van der Waals surface area contributed by atoms with Crippen molar-refractivity contribution < 1.29 is 9.90 Å². The normalized spacial score (nSPS) is 34.0. The van der Waals surface area contributed by atoms with Crippen molar-refractivity contribution in [1.82, 2.24) is 5.32 Å². The number of amides is 1. The molecule has 2 aliphatic rings. The first-order valence-electron chi connectivity index (χ1n) is 6.14. The molecule has 0 bridgehead atoms. The Morgan fingerprint density at radius 3 is 2.62 bits per heavy atom. The molecule has 2 fully saturated rings. The zero-order chi connectivity index (χ0) is 11.9. The molecule has 3 unspecified atom stereocenters. The summed E-state index contributed by atoms with van der Waals surface area (Å²) in [5, 5.41) is 12.5. The predicted octanol–water partition coefficient (Wildman–Crippen LogP) is 0.389. The van der Waals surface area contributed by atoms with Crippen LogP contribution in [0.5, 0.6) is 0 Å². The van der Waals surface area contributed by atoms with Crippen molar-refractivity contribution in [2.45, 2.75) is 57.7 Å². The summed E-state index contributed by atoms with van der Waals surface area (Å²) in [6.45, 7) is 3.96. The van der Waals surface area contributed by atoms with Gasteiger partial charge in [-0.2, -0.15) is 0 Å². The molecule has 0 aromatic heterocycles. The Bertz CT molecular complexity index is 287. The molecular weight excluding hydrogens is 204 g/mol. The van der Waals surface area contributed by atoms with Crippen molar-refractivity contribution in [3.05, 3.63) is 0 Å². The first kappa shape index (κ1) is 11.9. The summed E-state index contributed by atoms with van der Waals surface area (Å²) in [6.07, 6.45) is 3.13. The summed E-state index contributed by atoms with van der Waals surface area (Å²) in [7, 11) is 0. The standard InChI is InChI=1S/C12H22N2O2/c1-12(2)9(6-10(12)15)14-11(16)5-8(13)7-3-4-7/h7-10,15H,3-6,13H2,1-2H3,(H,14,16). The van der Waals surface area contributed by atoms with E-state index in [2.05, 4.69) is 5.32 Å². The van der Waals surface area contributed by atoms with E-state index in [-0.39, 0.29) is 29.5 Å². The maximum Gasteiger partial charge on any atom is 0.221 e. The number of nitrogens with one attached hydrogen (secondary N) is 1. The average molecular weight is 226 g/mol. The SMILES string of the molecule is CC1(C)C(O)CC1NC(=O)CC(N)C1CC1. The second-order valence-corrected chi connectivity index (χ2v) is 5.90. The van der Waals surface area contributed by atoms with Crippen molar-refractivity contribution in [3.8, 4) is 0 Å². The van der Waals surface area contributed by atoms with Gasteiger partial charge in [0.1, 0.15) is 0 Å². The third kappa shape index (κ3) is 2.23. The van der Waals surface area contributed by atoms with Gasteiger partial charge in [0.15, 0.2) is 0 Å². The van der Waals surface area contributed by atoms with Crippen LogP contribution in [0.4, 0.5) is 0 Å². The number of nitrogens with two attached hydrogens (primary N) is 1. The topological polar surface area (TPSA) is 75.3 Å². The summed E-state index contributed by atoms with van der Waals surface area (Å²) in [5.41, 5.74) is 5.70. The first-order chi connectivity index (χ1) is 7.41. The van der Waals surface area contributed by atoms with Crippen LogP contribution in [0.3, 0.4) is 0 Å². The average Bonchev–Trinajstić information content (AvgIpc) is 3.00. The molecule has 2 rings (SSSR count). The van der Waals surface area contributed by atoms with E-state index in [1.807, 2.05) is 13.8 Å². The minimum Gasteiger partial charge on any atom is -0.392 e. The Kier molecular flexibility index (Phi) is 2.97. The van der Waals surface area contributed by atoms with Gasteiger partial charge in [0.05, 0.1) is 6.10 Å². The second kappa shape index (κ2) is 4.00. The highest BCUT2D eigenvalue weighted by Crippen LogP contribution is 2.40. The third-order valence-corrected chi connectivity index (χ3v) is 4.20. The number of hydrogen-bond donors (Lipinski definition) is 3. The fourth-order valence-electron chi connectivity index (χ4n) is 2.31. The van der Waals surface area contributed by atoms with Gasteiger partial charge >= 0.3 is 0 Å². The van der Waals surface area contributed by atoms with Gasteiger partial charge in [-0.3, -0.25) is 4.79 Å². The predicted molar refractivity (Wildman–Crippen MR) is 61.7 cm³/mol. The van der Waals surface area contributed by atoms with Crippen molar-refractivity contribution in [3.63, 3.8) is 0 Å². The van der Waals surface area contributed by atoms with E-state index in [9.17, 15) is 9.90 Å². The van der Waals surface area contributed by atoms with Crippen LogP contribution in [0.2, 0.25) is 0 Å². The smallest absolute Gasteiger partial charge is 0.221 e. The molecule has 2 aliphatic carbocycles. The van der Waals surface area contributed by atoms with Crippen LogP contribution in [0, 0.1) is 11.3 Å². The molecule has 92 valence electrons. The van der Waals surface area contributed by atoms with Gasteiger partial charge in [0, 0.05) is 23.9 Å². The highest BCUT2D eigenvalue weighted by molar-refractivity contribution is 5.77. The maximum absolute atomic E-state index is 11.7. The maximum atomic E-state index is 11.7. The molecule has 16 heavy (non-hydrogen) atoms. The van der Waals surface area contributed by atoms with Gasteiger partial charge in [0.25, 0.3) is 0 Å². The van der Waals surface area contributed by atoms with E-state index in [1.165, 1.54) is 12.8 Å². The largest absolute Gasteiger partial charge is 0.392 e. The van der Waals surface area contributed by atoms with Gasteiger partial charge < -0.3 is 16.2 Å². The van der Waals surface area contributed by atoms with Crippen LogP contribution in [-0.4, -0.2) is 29.2 Å². The van der Waals surface area contributed by atoms with E-state index < -0.39 is 0 Å². The molecule has 4 heteroatoms. The van der Waals surface area contributed by atoms with E-state index in [0.29, 0.717) is 18.8 Å². The van der Waals surface area contributed by atoms with E-state index in [1.54, 1.807) is 0 Å². The lowest BCUT2D eigenvalue weighted by atomic mass is 9.64. The molecule has 4 N–H and O–H groups in total. The lowest BCUT2D eigenvalue weighted by Gasteiger charge is -2.49. The Morgan fingerprint density at radius 2 is 2.19 bits per heavy atom. The van der Waals surface area contributed by atoms with Crippen LogP contribution in [0.15, 0.2) is 0 Å². The van der Waals surface area contributed by atoms with Crippen LogP contribution in [0.1, 0.15) is 39.5 Å². The number of carbonyl (C=O) groups is 1. The molecule has 0 heterocycles. The molecule has 4 nitrogen and oxygen atoms in total. The van der Waals surface area contributed by atoms with Crippen molar-refractivity contribution in [1.29, 1.82) is 0 Å². The monoisotopic (exact) mass is 226 g/mol. The van der Waals surface area contributed by atoms with Gasteiger partial charge in [-0.15, -0.1) is 0 Å². The minimum atomic E-state index is -0.296. The van der Waals surface area contributed by atoms with E-state index in [4.69, 9.17) is 5.73 Å². The lowest BCUT2D eigenvalue weighted by molar-refractivity contribution is -0.129. The summed E-state index contributed by atoms with van der Waals surface area (Å²) >= 11 is 0. The van der Waals surface area contributed by atoms with Gasteiger partial charge in [0.2, 0.25) is 5.91 Å². The number of carbonyl (C=O) groups excluding carboxylic acids is 1. The van der Waals surface area contributed by atoms with Crippen molar-refractivity contribution in [2.24, 2.45) is 17.1 Å². The van der Waals surface area contributed by atoms with Crippen LogP contribution < -0.4 is 11.1 Å². The Balaban J connectivity index is 1.75. The molecule has 1 amide bonds. The molecule has 2 saturated carbocycles.